The van der Waals surface area contributed by atoms with Gasteiger partial charge in [0.2, 0.25) is 0 Å². The number of hydrogen-bond donors (Lipinski definition) is 1. The number of nitrogens with zero attached hydrogens (tertiary/aromatic N) is 1. The molecule has 4 nitrogen and oxygen atoms in total. The van der Waals surface area contributed by atoms with Gasteiger partial charge in [-0.05, 0) is 43.2 Å². The number of nitrogens with one attached hydrogen (secondary N) is 1. The predicted octanol–water partition coefficient (Wildman–Crippen LogP) is 4.51. The highest BCUT2D eigenvalue weighted by molar-refractivity contribution is 7.15. The lowest BCUT2D eigenvalue weighted by Crippen LogP contribution is -2.20. The first kappa shape index (κ1) is 18.1. The molecule has 3 rings (SSSR count). The van der Waals surface area contributed by atoms with Gasteiger partial charge in [0.25, 0.3) is 5.91 Å². The fraction of sp³-hybridized carbons (Fsp3) is 0.200. The highest BCUT2D eigenvalue weighted by atomic mass is 32.1. The zero-order chi connectivity index (χ0) is 18.5. The van der Waals surface area contributed by atoms with E-state index in [0.29, 0.717) is 17.3 Å². The minimum absolute atomic E-state index is 0.0726. The van der Waals surface area contributed by atoms with E-state index in [4.69, 9.17) is 4.74 Å². The van der Waals surface area contributed by atoms with Gasteiger partial charge in [-0.3, -0.25) is 10.1 Å². The molecule has 0 unspecified atom stereocenters. The minimum atomic E-state index is -0.254. The number of para-hydroxylation sites is 1. The largest absolute Gasteiger partial charge is 0.483 e. The lowest BCUT2D eigenvalue weighted by molar-refractivity contribution is -0.118. The first-order valence-electron chi connectivity index (χ1n) is 8.20. The van der Waals surface area contributed by atoms with Crippen molar-refractivity contribution in [3.8, 4) is 5.75 Å². The molecule has 0 atom stereocenters. The third-order valence-corrected chi connectivity index (χ3v) is 4.94. The van der Waals surface area contributed by atoms with Crippen LogP contribution in [0.15, 0.2) is 48.5 Å². The van der Waals surface area contributed by atoms with Gasteiger partial charge in [0, 0.05) is 11.3 Å². The molecular weight excluding hydrogens is 351 g/mol. The fourth-order valence-electron chi connectivity index (χ4n) is 2.45. The number of benzene rings is 2. The molecule has 6 heteroatoms. The number of thiazole rings is 1. The maximum atomic E-state index is 13.0. The molecule has 1 amide bonds. The SMILES string of the molecule is Cc1ccccc1OCC(=O)Nc1nc(C)c(Cc2ccc(F)cc2)s1. The third-order valence-electron chi connectivity index (χ3n) is 3.87. The Bertz CT molecular complexity index is 906. The standard InChI is InChI=1S/C20H19FN2O2S/c1-13-5-3-4-6-17(13)25-12-19(24)23-20-22-14(2)18(26-20)11-15-7-9-16(21)10-8-15/h3-10H,11-12H2,1-2H3,(H,22,23,24). The summed E-state index contributed by atoms with van der Waals surface area (Å²) < 4.78 is 18.5. The first-order chi connectivity index (χ1) is 12.5. The van der Waals surface area contributed by atoms with E-state index in [1.54, 1.807) is 12.1 Å². The number of rotatable bonds is 6. The molecule has 0 aliphatic rings. The molecule has 1 aromatic heterocycles. The Balaban J connectivity index is 1.59. The lowest BCUT2D eigenvalue weighted by Gasteiger charge is -2.07. The van der Waals surface area contributed by atoms with E-state index >= 15 is 0 Å². The Morgan fingerprint density at radius 3 is 2.62 bits per heavy atom. The summed E-state index contributed by atoms with van der Waals surface area (Å²) in [5, 5.41) is 3.31. The van der Waals surface area contributed by atoms with Crippen molar-refractivity contribution in [1.29, 1.82) is 0 Å². The highest BCUT2D eigenvalue weighted by Gasteiger charge is 2.12. The van der Waals surface area contributed by atoms with E-state index < -0.39 is 0 Å². The van der Waals surface area contributed by atoms with Crippen LogP contribution in [0.1, 0.15) is 21.7 Å². The quantitative estimate of drug-likeness (QED) is 0.695. The number of carbonyl (C=O) groups is 1. The van der Waals surface area contributed by atoms with E-state index in [1.165, 1.54) is 23.5 Å². The van der Waals surface area contributed by atoms with Crippen molar-refractivity contribution in [3.05, 3.63) is 76.0 Å². The molecule has 0 radical (unpaired) electrons. The summed E-state index contributed by atoms with van der Waals surface area (Å²) in [6.45, 7) is 3.75. The van der Waals surface area contributed by atoms with Crippen LogP contribution >= 0.6 is 11.3 Å². The summed E-state index contributed by atoms with van der Waals surface area (Å²) in [5.74, 6) is 0.182. The highest BCUT2D eigenvalue weighted by Crippen LogP contribution is 2.25. The normalized spacial score (nSPS) is 10.6. The van der Waals surface area contributed by atoms with Crippen molar-refractivity contribution >= 4 is 22.4 Å². The maximum Gasteiger partial charge on any atom is 0.264 e. The van der Waals surface area contributed by atoms with Crippen LogP contribution in [0.5, 0.6) is 5.75 Å². The lowest BCUT2D eigenvalue weighted by atomic mass is 10.1. The molecule has 0 saturated heterocycles. The van der Waals surface area contributed by atoms with Gasteiger partial charge in [0.1, 0.15) is 11.6 Å². The second kappa shape index (κ2) is 8.10. The van der Waals surface area contributed by atoms with E-state index in [1.807, 2.05) is 38.1 Å². The fourth-order valence-corrected chi connectivity index (χ4v) is 3.46. The first-order valence-corrected chi connectivity index (χ1v) is 9.02. The third kappa shape index (κ3) is 4.67. The predicted molar refractivity (Wildman–Crippen MR) is 101 cm³/mol. The van der Waals surface area contributed by atoms with Crippen LogP contribution in [0.2, 0.25) is 0 Å². The van der Waals surface area contributed by atoms with Crippen LogP contribution in [0, 0.1) is 19.7 Å². The Morgan fingerprint density at radius 1 is 1.15 bits per heavy atom. The van der Waals surface area contributed by atoms with Crippen LogP contribution in [-0.2, 0) is 11.2 Å². The summed E-state index contributed by atoms with van der Waals surface area (Å²) >= 11 is 1.42. The zero-order valence-corrected chi connectivity index (χ0v) is 15.4. The zero-order valence-electron chi connectivity index (χ0n) is 14.6. The second-order valence-electron chi connectivity index (χ2n) is 5.93. The molecule has 0 spiro atoms. The van der Waals surface area contributed by atoms with Crippen LogP contribution in [0.4, 0.5) is 9.52 Å². The molecule has 0 aliphatic heterocycles. The van der Waals surface area contributed by atoms with Crippen molar-refractivity contribution < 1.29 is 13.9 Å². The van der Waals surface area contributed by atoms with E-state index in [-0.39, 0.29) is 18.3 Å². The number of halogens is 1. The number of hydrogen-bond acceptors (Lipinski definition) is 4. The summed E-state index contributed by atoms with van der Waals surface area (Å²) in [4.78, 5) is 17.5. The molecule has 3 aromatic rings. The summed E-state index contributed by atoms with van der Waals surface area (Å²) in [6.07, 6.45) is 0.652. The summed E-state index contributed by atoms with van der Waals surface area (Å²) in [7, 11) is 0. The average Bonchev–Trinajstić information content (AvgIpc) is 2.95. The molecule has 0 saturated carbocycles. The van der Waals surface area contributed by atoms with E-state index in [0.717, 1.165) is 21.7 Å². The van der Waals surface area contributed by atoms with Crippen molar-refractivity contribution in [2.75, 3.05) is 11.9 Å². The van der Waals surface area contributed by atoms with Crippen LogP contribution in [0.25, 0.3) is 0 Å². The number of aryl methyl sites for hydroxylation is 2. The van der Waals surface area contributed by atoms with E-state index in [9.17, 15) is 9.18 Å². The molecule has 0 fully saturated rings. The van der Waals surface area contributed by atoms with Gasteiger partial charge in [-0.1, -0.05) is 30.3 Å². The molecule has 2 aromatic carbocycles. The Hall–Kier alpha value is -2.73. The smallest absolute Gasteiger partial charge is 0.264 e. The van der Waals surface area contributed by atoms with Crippen LogP contribution in [0.3, 0.4) is 0 Å². The Labute approximate surface area is 155 Å². The van der Waals surface area contributed by atoms with Crippen molar-refractivity contribution in [1.82, 2.24) is 4.98 Å². The molecule has 1 heterocycles. The number of amides is 1. The molecule has 0 aliphatic carbocycles. The molecular formula is C20H19FN2O2S. The van der Waals surface area contributed by atoms with Crippen LogP contribution in [-0.4, -0.2) is 17.5 Å². The van der Waals surface area contributed by atoms with Crippen LogP contribution < -0.4 is 10.1 Å². The van der Waals surface area contributed by atoms with Gasteiger partial charge in [0.15, 0.2) is 11.7 Å². The van der Waals surface area contributed by atoms with Gasteiger partial charge < -0.3 is 4.74 Å². The van der Waals surface area contributed by atoms with Gasteiger partial charge in [-0.25, -0.2) is 9.37 Å². The monoisotopic (exact) mass is 370 g/mol. The molecule has 0 bridgehead atoms. The number of ether oxygens (including phenoxy) is 1. The molecule has 26 heavy (non-hydrogen) atoms. The van der Waals surface area contributed by atoms with Gasteiger partial charge in [-0.15, -0.1) is 11.3 Å². The number of anilines is 1. The van der Waals surface area contributed by atoms with Crippen molar-refractivity contribution in [2.24, 2.45) is 0 Å². The molecule has 134 valence electrons. The topological polar surface area (TPSA) is 51.2 Å². The van der Waals surface area contributed by atoms with Crippen molar-refractivity contribution in [3.63, 3.8) is 0 Å². The average molecular weight is 370 g/mol. The Kier molecular flexibility index (Phi) is 5.63. The second-order valence-corrected chi connectivity index (χ2v) is 7.02. The molecule has 1 N–H and O–H groups in total. The van der Waals surface area contributed by atoms with Gasteiger partial charge in [-0.2, -0.15) is 0 Å². The summed E-state index contributed by atoms with van der Waals surface area (Å²) in [6, 6.07) is 13.9. The number of carbonyl (C=O) groups excluding carboxylic acids is 1. The summed E-state index contributed by atoms with van der Waals surface area (Å²) in [5.41, 5.74) is 2.83. The number of aromatic nitrogens is 1. The van der Waals surface area contributed by atoms with Gasteiger partial charge in [0.05, 0.1) is 5.69 Å². The minimum Gasteiger partial charge on any atom is -0.483 e. The van der Waals surface area contributed by atoms with Crippen molar-refractivity contribution in [2.45, 2.75) is 20.3 Å². The maximum absolute atomic E-state index is 13.0. The van der Waals surface area contributed by atoms with Gasteiger partial charge >= 0.3 is 0 Å². The van der Waals surface area contributed by atoms with E-state index in [2.05, 4.69) is 10.3 Å². The Morgan fingerprint density at radius 2 is 1.88 bits per heavy atom.